The Labute approximate surface area is 114 Å². The molecule has 0 unspecified atom stereocenters. The Morgan fingerprint density at radius 1 is 0.778 bits per heavy atom. The van der Waals surface area contributed by atoms with E-state index in [2.05, 4.69) is 0 Å². The molecular formula is C10H20ClNO4S2. The van der Waals surface area contributed by atoms with Crippen molar-refractivity contribution >= 4 is 29.8 Å². The third-order valence-electron chi connectivity index (χ3n) is 3.47. The minimum absolute atomic E-state index is 0.238. The number of nitrogens with two attached hydrogens (primary N) is 1. The maximum absolute atomic E-state index is 10.6. The van der Waals surface area contributed by atoms with Crippen LogP contribution in [0.3, 0.4) is 0 Å². The third kappa shape index (κ3) is 5.42. The Kier molecular flexibility index (Phi) is 5.89. The first kappa shape index (κ1) is 16.2. The second-order valence-corrected chi connectivity index (χ2v) is 9.63. The van der Waals surface area contributed by atoms with E-state index in [0.29, 0.717) is 0 Å². The highest BCUT2D eigenvalue weighted by molar-refractivity contribution is 8.14. The van der Waals surface area contributed by atoms with Crippen LogP contribution in [0, 0.1) is 0 Å². The molecule has 2 rings (SSSR count). The molecule has 0 spiro atoms. The average molecular weight is 318 g/mol. The largest absolute Gasteiger partial charge is 0.235 e. The van der Waals surface area contributed by atoms with Crippen LogP contribution in [0.15, 0.2) is 0 Å². The zero-order valence-corrected chi connectivity index (χ0v) is 12.6. The van der Waals surface area contributed by atoms with Gasteiger partial charge in [0.2, 0.25) is 19.1 Å². The summed E-state index contributed by atoms with van der Waals surface area (Å²) in [6, 6.07) is 0. The zero-order valence-electron chi connectivity index (χ0n) is 10.2. The summed E-state index contributed by atoms with van der Waals surface area (Å²) in [5, 5.41) is 4.42. The van der Waals surface area contributed by atoms with Crippen LogP contribution < -0.4 is 5.14 Å². The highest BCUT2D eigenvalue weighted by Gasteiger charge is 2.26. The van der Waals surface area contributed by atoms with E-state index in [1.165, 1.54) is 0 Å². The van der Waals surface area contributed by atoms with E-state index in [0.717, 1.165) is 51.4 Å². The fourth-order valence-corrected chi connectivity index (χ4v) is 4.81. The molecule has 2 aliphatic carbocycles. The Hall–Kier alpha value is 0.150. The molecule has 0 bridgehead atoms. The lowest BCUT2D eigenvalue weighted by Crippen LogP contribution is -2.25. The Bertz CT molecular complexity index is 404. The van der Waals surface area contributed by atoms with E-state index in [-0.39, 0.29) is 10.5 Å². The molecular weight excluding hydrogens is 298 g/mol. The maximum Gasteiger partial charge on any atom is 0.235 e. The quantitative estimate of drug-likeness (QED) is 0.784. The van der Waals surface area contributed by atoms with Crippen LogP contribution in [-0.2, 0) is 19.1 Å². The van der Waals surface area contributed by atoms with Gasteiger partial charge in [-0.15, -0.1) is 0 Å². The minimum atomic E-state index is -3.23. The van der Waals surface area contributed by atoms with Gasteiger partial charge in [0.25, 0.3) is 0 Å². The summed E-state index contributed by atoms with van der Waals surface area (Å²) in [5.74, 6) is 0. The van der Waals surface area contributed by atoms with E-state index >= 15 is 0 Å². The summed E-state index contributed by atoms with van der Waals surface area (Å²) in [6.45, 7) is 0. The van der Waals surface area contributed by atoms with Crippen LogP contribution in [0.25, 0.3) is 0 Å². The van der Waals surface area contributed by atoms with Crippen molar-refractivity contribution in [2.75, 3.05) is 0 Å². The van der Waals surface area contributed by atoms with Crippen molar-refractivity contribution < 1.29 is 16.8 Å². The molecule has 2 fully saturated rings. The van der Waals surface area contributed by atoms with E-state index in [1.807, 2.05) is 0 Å². The lowest BCUT2D eigenvalue weighted by Gasteiger charge is -2.02. The molecule has 0 radical (unpaired) electrons. The summed E-state index contributed by atoms with van der Waals surface area (Å²) < 4.78 is 42.4. The summed E-state index contributed by atoms with van der Waals surface area (Å²) in [4.78, 5) is 0. The van der Waals surface area contributed by atoms with Crippen molar-refractivity contribution in [3.05, 3.63) is 0 Å². The Morgan fingerprint density at radius 3 is 1.28 bits per heavy atom. The number of hydrogen-bond donors (Lipinski definition) is 1. The normalized spacial score (nSPS) is 22.8. The topological polar surface area (TPSA) is 94.3 Å². The molecule has 18 heavy (non-hydrogen) atoms. The second kappa shape index (κ2) is 6.54. The van der Waals surface area contributed by atoms with Crippen LogP contribution in [0.1, 0.15) is 51.4 Å². The molecule has 0 aromatic heterocycles. The lowest BCUT2D eigenvalue weighted by molar-refractivity contribution is 0.581. The van der Waals surface area contributed by atoms with Crippen molar-refractivity contribution in [3.8, 4) is 0 Å². The predicted octanol–water partition coefficient (Wildman–Crippen LogP) is 1.72. The summed E-state index contributed by atoms with van der Waals surface area (Å²) in [7, 11) is -1.32. The fraction of sp³-hybridized carbons (Fsp3) is 1.00. The van der Waals surface area contributed by atoms with Crippen molar-refractivity contribution in [1.82, 2.24) is 0 Å². The third-order valence-corrected chi connectivity index (χ3v) is 6.89. The van der Waals surface area contributed by atoms with Crippen LogP contribution in [-0.4, -0.2) is 27.3 Å². The van der Waals surface area contributed by atoms with E-state index in [4.69, 9.17) is 15.8 Å². The first-order valence-corrected chi connectivity index (χ1v) is 10.1. The molecule has 2 N–H and O–H groups in total. The molecule has 2 saturated carbocycles. The van der Waals surface area contributed by atoms with Gasteiger partial charge in [-0.05, 0) is 25.7 Å². The number of sulfonamides is 1. The summed E-state index contributed by atoms with van der Waals surface area (Å²) in [5.41, 5.74) is 0. The van der Waals surface area contributed by atoms with Gasteiger partial charge in [-0.25, -0.2) is 22.0 Å². The highest BCUT2D eigenvalue weighted by Crippen LogP contribution is 2.26. The van der Waals surface area contributed by atoms with Gasteiger partial charge in [-0.3, -0.25) is 0 Å². The molecule has 0 aromatic carbocycles. The van der Waals surface area contributed by atoms with E-state index in [9.17, 15) is 16.8 Å². The molecule has 8 heteroatoms. The zero-order chi connectivity index (χ0) is 13.8. The van der Waals surface area contributed by atoms with Crippen LogP contribution in [0.2, 0.25) is 0 Å². The molecule has 5 nitrogen and oxygen atoms in total. The van der Waals surface area contributed by atoms with Crippen molar-refractivity contribution in [2.45, 2.75) is 61.9 Å². The molecule has 0 aromatic rings. The first-order chi connectivity index (χ1) is 8.21. The molecule has 108 valence electrons. The van der Waals surface area contributed by atoms with Gasteiger partial charge in [-0.1, -0.05) is 25.7 Å². The number of primary sulfonamides is 1. The number of rotatable bonds is 2. The second-order valence-electron chi connectivity index (χ2n) is 4.88. The molecule has 0 heterocycles. The van der Waals surface area contributed by atoms with Crippen molar-refractivity contribution in [2.24, 2.45) is 5.14 Å². The van der Waals surface area contributed by atoms with Crippen molar-refractivity contribution in [1.29, 1.82) is 0 Å². The summed E-state index contributed by atoms with van der Waals surface area (Å²) in [6.07, 6.45) is 7.09. The fourth-order valence-electron chi connectivity index (χ4n) is 2.39. The van der Waals surface area contributed by atoms with Gasteiger partial charge in [0, 0.05) is 10.7 Å². The van der Waals surface area contributed by atoms with Gasteiger partial charge in [0.05, 0.1) is 10.5 Å². The Morgan fingerprint density at radius 2 is 1.11 bits per heavy atom. The monoisotopic (exact) mass is 317 g/mol. The van der Waals surface area contributed by atoms with Gasteiger partial charge < -0.3 is 0 Å². The smallest absolute Gasteiger partial charge is 0.228 e. The first-order valence-electron chi connectivity index (χ1n) is 6.16. The molecule has 0 saturated heterocycles. The SMILES string of the molecule is NS(=O)(=O)C1CCCC1.O=S(=O)(Cl)C1CCCC1. The van der Waals surface area contributed by atoms with Crippen molar-refractivity contribution in [3.63, 3.8) is 0 Å². The van der Waals surface area contributed by atoms with Gasteiger partial charge >= 0.3 is 0 Å². The predicted molar refractivity (Wildman–Crippen MR) is 72.4 cm³/mol. The summed E-state index contributed by atoms with van der Waals surface area (Å²) >= 11 is 0. The molecule has 0 amide bonds. The Balaban J connectivity index is 0.000000180. The van der Waals surface area contributed by atoms with E-state index in [1.54, 1.807) is 0 Å². The minimum Gasteiger partial charge on any atom is -0.228 e. The van der Waals surface area contributed by atoms with Crippen LogP contribution >= 0.6 is 10.7 Å². The van der Waals surface area contributed by atoms with Crippen LogP contribution in [0.5, 0.6) is 0 Å². The van der Waals surface area contributed by atoms with Gasteiger partial charge in [0.15, 0.2) is 0 Å². The van der Waals surface area contributed by atoms with E-state index < -0.39 is 19.1 Å². The molecule has 0 atom stereocenters. The highest BCUT2D eigenvalue weighted by atomic mass is 35.7. The lowest BCUT2D eigenvalue weighted by atomic mass is 10.4. The standard InChI is InChI=1S/C5H9ClO2S.C5H11NO2S/c2*6-9(7,8)5-3-1-2-4-5/h5H,1-4H2;5H,1-4H2,(H2,6,7,8). The molecule has 0 aliphatic heterocycles. The van der Waals surface area contributed by atoms with Gasteiger partial charge in [0.1, 0.15) is 0 Å². The maximum atomic E-state index is 10.6. The number of hydrogen-bond acceptors (Lipinski definition) is 4. The van der Waals surface area contributed by atoms with Gasteiger partial charge in [-0.2, -0.15) is 0 Å². The molecule has 2 aliphatic rings. The average Bonchev–Trinajstić information content (AvgIpc) is 2.91. The number of halogens is 1. The van der Waals surface area contributed by atoms with Crippen LogP contribution in [0.4, 0.5) is 0 Å².